The second-order valence-corrected chi connectivity index (χ2v) is 6.04. The first-order valence-corrected chi connectivity index (χ1v) is 6.88. The van der Waals surface area contributed by atoms with Gasteiger partial charge in [0, 0.05) is 6.54 Å². The molecule has 1 aliphatic carbocycles. The largest absolute Gasteiger partial charge is 0.481 e. The van der Waals surface area contributed by atoms with E-state index in [1.807, 2.05) is 0 Å². The lowest BCUT2D eigenvalue weighted by Gasteiger charge is -2.40. The zero-order valence-corrected chi connectivity index (χ0v) is 11.4. The fraction of sp³-hybridized carbons (Fsp3) is 0.636. The minimum Gasteiger partial charge on any atom is -0.481 e. The van der Waals surface area contributed by atoms with Gasteiger partial charge < -0.3 is 10.4 Å². The lowest BCUT2D eigenvalue weighted by atomic mass is 9.66. The smallest absolute Gasteiger partial charge is 0.321 e. The van der Waals surface area contributed by atoms with Crippen molar-refractivity contribution in [1.29, 1.82) is 0 Å². The van der Waals surface area contributed by atoms with Crippen LogP contribution in [0, 0.1) is 12.3 Å². The topological polar surface area (TPSA) is 104 Å². The van der Waals surface area contributed by atoms with E-state index in [1.165, 1.54) is 11.3 Å². The van der Waals surface area contributed by atoms with Crippen molar-refractivity contribution in [1.82, 2.24) is 15.5 Å². The van der Waals surface area contributed by atoms with Gasteiger partial charge in [0.25, 0.3) is 0 Å². The van der Waals surface area contributed by atoms with Crippen LogP contribution in [0.4, 0.5) is 9.93 Å². The van der Waals surface area contributed by atoms with Crippen molar-refractivity contribution < 1.29 is 14.7 Å². The molecule has 2 amide bonds. The summed E-state index contributed by atoms with van der Waals surface area (Å²) in [5.41, 5.74) is -0.278. The van der Waals surface area contributed by atoms with Crippen molar-refractivity contribution in [2.24, 2.45) is 5.41 Å². The number of aromatic nitrogens is 2. The number of carboxylic acids is 1. The third kappa shape index (κ3) is 3.63. The Kier molecular flexibility index (Phi) is 3.98. The van der Waals surface area contributed by atoms with Crippen LogP contribution in [-0.2, 0) is 4.79 Å². The summed E-state index contributed by atoms with van der Waals surface area (Å²) in [6, 6.07) is -0.368. The Bertz CT molecular complexity index is 484. The first kappa shape index (κ1) is 13.7. The van der Waals surface area contributed by atoms with Crippen LogP contribution in [0.3, 0.4) is 0 Å². The van der Waals surface area contributed by atoms with Crippen molar-refractivity contribution in [3.63, 3.8) is 0 Å². The van der Waals surface area contributed by atoms with E-state index in [-0.39, 0.29) is 17.9 Å². The Morgan fingerprint density at radius 2 is 2.16 bits per heavy atom. The summed E-state index contributed by atoms with van der Waals surface area (Å²) in [5.74, 6) is -0.818. The molecule has 0 aromatic carbocycles. The lowest BCUT2D eigenvalue weighted by Crippen LogP contribution is -2.44. The summed E-state index contributed by atoms with van der Waals surface area (Å²) in [7, 11) is 0. The van der Waals surface area contributed by atoms with Crippen molar-refractivity contribution >= 4 is 28.5 Å². The van der Waals surface area contributed by atoms with Crippen LogP contribution < -0.4 is 10.6 Å². The van der Waals surface area contributed by atoms with Gasteiger partial charge in [-0.25, -0.2) is 4.79 Å². The number of hydrogen-bond donors (Lipinski definition) is 3. The Morgan fingerprint density at radius 1 is 1.42 bits per heavy atom. The predicted octanol–water partition coefficient (Wildman–Crippen LogP) is 1.61. The molecule has 1 heterocycles. The first-order valence-electron chi connectivity index (χ1n) is 6.06. The summed E-state index contributed by atoms with van der Waals surface area (Å²) >= 11 is 1.29. The highest BCUT2D eigenvalue weighted by atomic mass is 32.1. The predicted molar refractivity (Wildman–Crippen MR) is 70.2 cm³/mol. The molecule has 3 N–H and O–H groups in total. The van der Waals surface area contributed by atoms with E-state index >= 15 is 0 Å². The number of nitrogens with one attached hydrogen (secondary N) is 2. The molecule has 0 spiro atoms. The average molecular weight is 284 g/mol. The average Bonchev–Trinajstić information content (AvgIpc) is 2.67. The van der Waals surface area contributed by atoms with Gasteiger partial charge in [-0.3, -0.25) is 10.1 Å². The van der Waals surface area contributed by atoms with Gasteiger partial charge in [-0.2, -0.15) is 0 Å². The molecule has 104 valence electrons. The van der Waals surface area contributed by atoms with Crippen LogP contribution in [0.5, 0.6) is 0 Å². The number of aryl methyl sites for hydroxylation is 1. The van der Waals surface area contributed by atoms with E-state index in [9.17, 15) is 9.59 Å². The van der Waals surface area contributed by atoms with E-state index in [1.54, 1.807) is 6.92 Å². The molecule has 7 nitrogen and oxygen atoms in total. The fourth-order valence-corrected chi connectivity index (χ4v) is 2.76. The van der Waals surface area contributed by atoms with Gasteiger partial charge in [0.2, 0.25) is 5.13 Å². The second-order valence-electron chi connectivity index (χ2n) is 4.86. The van der Waals surface area contributed by atoms with E-state index in [0.29, 0.717) is 11.7 Å². The minimum atomic E-state index is -0.818. The van der Waals surface area contributed by atoms with Crippen LogP contribution in [0.15, 0.2) is 0 Å². The molecule has 0 radical (unpaired) electrons. The van der Waals surface area contributed by atoms with Crippen molar-refractivity contribution in [2.45, 2.75) is 32.6 Å². The van der Waals surface area contributed by atoms with Gasteiger partial charge in [-0.15, -0.1) is 10.2 Å². The normalized spacial score (nSPS) is 16.5. The maximum absolute atomic E-state index is 11.7. The Hall–Kier alpha value is -1.70. The third-order valence-corrected chi connectivity index (χ3v) is 4.07. The minimum absolute atomic E-state index is 0.102. The molecule has 1 fully saturated rings. The van der Waals surface area contributed by atoms with Crippen LogP contribution >= 0.6 is 11.3 Å². The summed E-state index contributed by atoms with van der Waals surface area (Å²) in [6.07, 6.45) is 2.81. The zero-order valence-electron chi connectivity index (χ0n) is 10.6. The lowest BCUT2D eigenvalue weighted by molar-refractivity contribution is -0.141. The quantitative estimate of drug-likeness (QED) is 0.762. The number of aliphatic carboxylic acids is 1. The molecule has 0 bridgehead atoms. The van der Waals surface area contributed by atoms with Crippen molar-refractivity contribution in [2.75, 3.05) is 11.9 Å². The van der Waals surface area contributed by atoms with E-state index in [2.05, 4.69) is 20.8 Å². The van der Waals surface area contributed by atoms with Crippen molar-refractivity contribution in [3.05, 3.63) is 5.01 Å². The highest BCUT2D eigenvalue weighted by molar-refractivity contribution is 7.15. The molecule has 0 aliphatic heterocycles. The maximum atomic E-state index is 11.7. The molecular weight excluding hydrogens is 268 g/mol. The number of amides is 2. The molecule has 1 aliphatic rings. The standard InChI is InChI=1S/C11H16N4O3S/c1-7-14-15-10(19-7)13-9(18)12-6-11(3-2-4-11)5-8(16)17/h2-6H2,1H3,(H,16,17)(H2,12,13,15,18). The zero-order chi connectivity index (χ0) is 13.9. The van der Waals surface area contributed by atoms with Crippen LogP contribution in [0.2, 0.25) is 0 Å². The second kappa shape index (κ2) is 5.52. The Labute approximate surface area is 114 Å². The van der Waals surface area contributed by atoms with Gasteiger partial charge in [0.1, 0.15) is 5.01 Å². The van der Waals surface area contributed by atoms with E-state index in [0.717, 1.165) is 24.3 Å². The van der Waals surface area contributed by atoms with Gasteiger partial charge in [0.15, 0.2) is 0 Å². The molecule has 8 heteroatoms. The first-order chi connectivity index (χ1) is 8.99. The number of rotatable bonds is 5. The van der Waals surface area contributed by atoms with Crippen LogP contribution in [0.25, 0.3) is 0 Å². The van der Waals surface area contributed by atoms with Gasteiger partial charge in [0.05, 0.1) is 6.42 Å². The summed E-state index contributed by atoms with van der Waals surface area (Å²) in [6.45, 7) is 2.18. The molecule has 1 saturated carbocycles. The van der Waals surface area contributed by atoms with Gasteiger partial charge in [-0.05, 0) is 25.2 Å². The number of carboxylic acid groups (broad SMARTS) is 1. The van der Waals surface area contributed by atoms with Crippen LogP contribution in [0.1, 0.15) is 30.7 Å². The summed E-state index contributed by atoms with van der Waals surface area (Å²) < 4.78 is 0. The molecule has 1 aromatic heterocycles. The SMILES string of the molecule is Cc1nnc(NC(=O)NCC2(CC(=O)O)CCC2)s1. The number of carbonyl (C=O) groups excluding carboxylic acids is 1. The molecule has 2 rings (SSSR count). The maximum Gasteiger partial charge on any atom is 0.321 e. The highest BCUT2D eigenvalue weighted by Gasteiger charge is 2.39. The van der Waals surface area contributed by atoms with Gasteiger partial charge >= 0.3 is 12.0 Å². The molecule has 19 heavy (non-hydrogen) atoms. The van der Waals surface area contributed by atoms with E-state index < -0.39 is 5.97 Å². The number of hydrogen-bond acceptors (Lipinski definition) is 5. The summed E-state index contributed by atoms with van der Waals surface area (Å²) in [4.78, 5) is 22.5. The molecule has 0 unspecified atom stereocenters. The molecular formula is C11H16N4O3S. The Balaban J connectivity index is 1.81. The molecule has 0 atom stereocenters. The summed E-state index contributed by atoms with van der Waals surface area (Å²) in [5, 5.41) is 23.0. The highest BCUT2D eigenvalue weighted by Crippen LogP contribution is 2.43. The van der Waals surface area contributed by atoms with E-state index in [4.69, 9.17) is 5.11 Å². The van der Waals surface area contributed by atoms with Gasteiger partial charge in [-0.1, -0.05) is 17.8 Å². The van der Waals surface area contributed by atoms with Crippen LogP contribution in [-0.4, -0.2) is 33.8 Å². The number of anilines is 1. The Morgan fingerprint density at radius 3 is 2.63 bits per heavy atom. The number of carbonyl (C=O) groups is 2. The molecule has 0 saturated heterocycles. The van der Waals surface area contributed by atoms with Crippen molar-refractivity contribution in [3.8, 4) is 0 Å². The third-order valence-electron chi connectivity index (χ3n) is 3.31. The fourth-order valence-electron chi connectivity index (χ4n) is 2.17. The number of urea groups is 1. The number of nitrogens with zero attached hydrogens (tertiary/aromatic N) is 2. The monoisotopic (exact) mass is 284 g/mol. The molecule has 1 aromatic rings.